The number of carbonyl (C=O) groups excluding carboxylic acids is 3. The Bertz CT molecular complexity index is 968. The van der Waals surface area contributed by atoms with Crippen molar-refractivity contribution in [2.45, 2.75) is 42.4 Å². The molecule has 4 nitrogen and oxygen atoms in total. The summed E-state index contributed by atoms with van der Waals surface area (Å²) in [5.41, 5.74) is 2.38. The van der Waals surface area contributed by atoms with Gasteiger partial charge in [0.2, 0.25) is 0 Å². The van der Waals surface area contributed by atoms with Gasteiger partial charge in [-0.3, -0.25) is 14.4 Å². The van der Waals surface area contributed by atoms with Crippen molar-refractivity contribution in [2.75, 3.05) is 11.5 Å². The van der Waals surface area contributed by atoms with Crippen LogP contribution < -0.4 is 0 Å². The van der Waals surface area contributed by atoms with E-state index in [9.17, 15) is 14.4 Å². The van der Waals surface area contributed by atoms with Crippen molar-refractivity contribution in [3.05, 3.63) is 83.7 Å². The number of aromatic amines is 1. The van der Waals surface area contributed by atoms with Gasteiger partial charge in [-0.2, -0.15) is 0 Å². The number of ketones is 3. The second kappa shape index (κ2) is 12.5. The molecule has 0 radical (unpaired) electrons. The first kappa shape index (κ1) is 24.1. The molecular formula is C26H27NO3S2. The second-order valence-electron chi connectivity index (χ2n) is 7.52. The fourth-order valence-electron chi connectivity index (χ4n) is 3.22. The van der Waals surface area contributed by atoms with E-state index in [0.717, 1.165) is 21.0 Å². The molecule has 0 bridgehead atoms. The van der Waals surface area contributed by atoms with Gasteiger partial charge in [-0.1, -0.05) is 36.4 Å². The first-order chi connectivity index (χ1) is 15.5. The first-order valence-electron chi connectivity index (χ1n) is 10.6. The van der Waals surface area contributed by atoms with Crippen LogP contribution >= 0.6 is 23.5 Å². The Hall–Kier alpha value is -2.57. The number of Topliss-reactive ketones (excluding diaryl/α,β-unsaturated/α-hetero) is 3. The summed E-state index contributed by atoms with van der Waals surface area (Å²) in [5, 5.41) is 0. The number of aromatic nitrogens is 1. The van der Waals surface area contributed by atoms with E-state index in [1.807, 2.05) is 66.7 Å². The molecule has 0 aliphatic heterocycles. The molecule has 0 saturated carbocycles. The zero-order chi connectivity index (χ0) is 22.8. The van der Waals surface area contributed by atoms with E-state index in [1.165, 1.54) is 30.4 Å². The molecule has 0 aliphatic rings. The molecule has 32 heavy (non-hydrogen) atoms. The highest BCUT2D eigenvalue weighted by atomic mass is 32.2. The average Bonchev–Trinajstić information content (AvgIpc) is 3.23. The fourth-order valence-corrected chi connectivity index (χ4v) is 4.86. The molecule has 1 aromatic heterocycles. The predicted molar refractivity (Wildman–Crippen MR) is 132 cm³/mol. The smallest absolute Gasteiger partial charge is 0.175 e. The van der Waals surface area contributed by atoms with Gasteiger partial charge in [0.1, 0.15) is 11.6 Å². The number of aryl methyl sites for hydroxylation is 2. The third-order valence-corrected chi connectivity index (χ3v) is 7.13. The van der Waals surface area contributed by atoms with Crippen LogP contribution in [0.3, 0.4) is 0 Å². The summed E-state index contributed by atoms with van der Waals surface area (Å²) in [4.78, 5) is 41.9. The summed E-state index contributed by atoms with van der Waals surface area (Å²) < 4.78 is 0. The third-order valence-electron chi connectivity index (χ3n) is 4.98. The largest absolute Gasteiger partial charge is 0.356 e. The van der Waals surface area contributed by atoms with E-state index in [0.29, 0.717) is 42.9 Å². The molecule has 0 amide bonds. The van der Waals surface area contributed by atoms with Crippen molar-refractivity contribution in [3.8, 4) is 0 Å². The molecule has 0 unspecified atom stereocenters. The Morgan fingerprint density at radius 3 is 1.75 bits per heavy atom. The summed E-state index contributed by atoms with van der Waals surface area (Å²) >= 11 is 3.07. The summed E-state index contributed by atoms with van der Waals surface area (Å²) in [7, 11) is 0. The monoisotopic (exact) mass is 465 g/mol. The minimum absolute atomic E-state index is 0.0468. The molecule has 0 aliphatic carbocycles. The van der Waals surface area contributed by atoms with Gasteiger partial charge < -0.3 is 4.98 Å². The number of H-pyrrole nitrogens is 1. The van der Waals surface area contributed by atoms with Crippen molar-refractivity contribution >= 4 is 40.9 Å². The van der Waals surface area contributed by atoms with Gasteiger partial charge in [0.05, 0.1) is 17.2 Å². The molecule has 6 heteroatoms. The minimum Gasteiger partial charge on any atom is -0.356 e. The van der Waals surface area contributed by atoms with Crippen LogP contribution in [0.15, 0.2) is 76.5 Å². The van der Waals surface area contributed by atoms with Crippen LogP contribution in [0.1, 0.15) is 41.5 Å². The molecular weight excluding hydrogens is 438 g/mol. The van der Waals surface area contributed by atoms with Crippen LogP contribution in [0.5, 0.6) is 0 Å². The van der Waals surface area contributed by atoms with Crippen LogP contribution in [-0.2, 0) is 22.4 Å². The third kappa shape index (κ3) is 7.84. The molecule has 1 N–H and O–H groups in total. The van der Waals surface area contributed by atoms with Crippen molar-refractivity contribution < 1.29 is 14.4 Å². The van der Waals surface area contributed by atoms with Crippen molar-refractivity contribution in [3.63, 3.8) is 0 Å². The Labute approximate surface area is 197 Å². The lowest BCUT2D eigenvalue weighted by atomic mass is 10.0. The lowest BCUT2D eigenvalue weighted by Crippen LogP contribution is -2.06. The Morgan fingerprint density at radius 2 is 1.25 bits per heavy atom. The maximum absolute atomic E-state index is 12.4. The second-order valence-corrected chi connectivity index (χ2v) is 9.62. The maximum atomic E-state index is 12.4. The number of carbonyl (C=O) groups is 3. The summed E-state index contributed by atoms with van der Waals surface area (Å²) in [6, 6.07) is 21.6. The predicted octanol–water partition coefficient (Wildman–Crippen LogP) is 5.81. The standard InChI is InChI=1S/C26H27NO3S2/c1-19(28)26-16-20(12-13-21(29)17-31-23-8-4-2-5-9-23)25(27-26)15-14-22(30)18-32-24-10-6-3-7-11-24/h2-11,16,27H,12-15,17-18H2,1H3. The number of thioether (sulfide) groups is 2. The number of benzene rings is 2. The minimum atomic E-state index is -0.0468. The fraction of sp³-hybridized carbons (Fsp3) is 0.269. The van der Waals surface area contributed by atoms with Crippen LogP contribution in [-0.4, -0.2) is 33.8 Å². The molecule has 166 valence electrons. The Kier molecular flexibility index (Phi) is 9.38. The number of hydrogen-bond donors (Lipinski definition) is 1. The number of rotatable bonds is 13. The molecule has 0 fully saturated rings. The summed E-state index contributed by atoms with van der Waals surface area (Å²) in [5.74, 6) is 1.15. The number of hydrogen-bond acceptors (Lipinski definition) is 5. The highest BCUT2D eigenvalue weighted by molar-refractivity contribution is 8.00. The van der Waals surface area contributed by atoms with E-state index in [4.69, 9.17) is 0 Å². The Morgan fingerprint density at radius 1 is 0.750 bits per heavy atom. The molecule has 1 heterocycles. The lowest BCUT2D eigenvalue weighted by Gasteiger charge is -2.05. The van der Waals surface area contributed by atoms with Gasteiger partial charge >= 0.3 is 0 Å². The van der Waals surface area contributed by atoms with Crippen molar-refractivity contribution in [1.29, 1.82) is 0 Å². The average molecular weight is 466 g/mol. The van der Waals surface area contributed by atoms with Crippen LogP contribution in [0.25, 0.3) is 0 Å². The molecule has 3 rings (SSSR count). The van der Waals surface area contributed by atoms with Gasteiger partial charge in [-0.15, -0.1) is 23.5 Å². The van der Waals surface area contributed by atoms with Gasteiger partial charge in [0, 0.05) is 35.3 Å². The van der Waals surface area contributed by atoms with Gasteiger partial charge in [0.25, 0.3) is 0 Å². The van der Waals surface area contributed by atoms with E-state index in [-0.39, 0.29) is 17.3 Å². The molecule has 2 aromatic carbocycles. The van der Waals surface area contributed by atoms with Crippen LogP contribution in [0.4, 0.5) is 0 Å². The summed E-state index contributed by atoms with van der Waals surface area (Å²) in [6.45, 7) is 1.52. The van der Waals surface area contributed by atoms with Gasteiger partial charge in [-0.25, -0.2) is 0 Å². The Balaban J connectivity index is 1.51. The van der Waals surface area contributed by atoms with E-state index in [2.05, 4.69) is 4.98 Å². The zero-order valence-electron chi connectivity index (χ0n) is 18.1. The first-order valence-corrected chi connectivity index (χ1v) is 12.6. The zero-order valence-corrected chi connectivity index (χ0v) is 19.8. The van der Waals surface area contributed by atoms with Crippen molar-refractivity contribution in [2.24, 2.45) is 0 Å². The normalized spacial score (nSPS) is 10.8. The van der Waals surface area contributed by atoms with Crippen molar-refractivity contribution in [1.82, 2.24) is 4.98 Å². The van der Waals surface area contributed by atoms with Gasteiger partial charge in [0.15, 0.2) is 5.78 Å². The molecule has 3 aromatic rings. The SMILES string of the molecule is CC(=O)c1cc(CCC(=O)CSc2ccccc2)c(CCC(=O)CSc2ccccc2)[nH]1. The molecule has 0 spiro atoms. The molecule has 0 saturated heterocycles. The summed E-state index contributed by atoms with van der Waals surface area (Å²) in [6.07, 6.45) is 1.94. The maximum Gasteiger partial charge on any atom is 0.175 e. The van der Waals surface area contributed by atoms with Crippen LogP contribution in [0, 0.1) is 0 Å². The van der Waals surface area contributed by atoms with Gasteiger partial charge in [-0.05, 0) is 48.7 Å². The topological polar surface area (TPSA) is 67.0 Å². The van der Waals surface area contributed by atoms with E-state index >= 15 is 0 Å². The highest BCUT2D eigenvalue weighted by Crippen LogP contribution is 2.21. The number of nitrogens with one attached hydrogen (secondary N) is 1. The van der Waals surface area contributed by atoms with Crippen LogP contribution in [0.2, 0.25) is 0 Å². The highest BCUT2D eigenvalue weighted by Gasteiger charge is 2.14. The quantitative estimate of drug-likeness (QED) is 0.255. The van der Waals surface area contributed by atoms with E-state index in [1.54, 1.807) is 0 Å². The lowest BCUT2D eigenvalue weighted by molar-refractivity contribution is -0.117. The molecule has 0 atom stereocenters. The van der Waals surface area contributed by atoms with E-state index < -0.39 is 0 Å².